The highest BCUT2D eigenvalue weighted by Crippen LogP contribution is 2.49. The molecule has 0 spiro atoms. The van der Waals surface area contributed by atoms with Crippen LogP contribution in [0, 0.1) is 6.92 Å². The van der Waals surface area contributed by atoms with Crippen molar-refractivity contribution in [2.75, 3.05) is 9.80 Å². The van der Waals surface area contributed by atoms with Crippen LogP contribution in [0.3, 0.4) is 0 Å². The fourth-order valence-electron chi connectivity index (χ4n) is 10.1. The molecule has 2 aliphatic rings. The van der Waals surface area contributed by atoms with Gasteiger partial charge in [-0.2, -0.15) is 0 Å². The first-order valence-electron chi connectivity index (χ1n) is 20.6. The summed E-state index contributed by atoms with van der Waals surface area (Å²) in [5, 5.41) is 4.91. The molecule has 10 aromatic rings. The number of furan rings is 1. The maximum Gasteiger partial charge on any atom is 0.333 e. The number of anilines is 6. The van der Waals surface area contributed by atoms with Crippen LogP contribution in [0.15, 0.2) is 174 Å². The smallest absolute Gasteiger partial charge is 0.333 e. The number of hydrogen-bond donors (Lipinski definition) is 0. The zero-order valence-electron chi connectivity index (χ0n) is 32.6. The van der Waals surface area contributed by atoms with Crippen LogP contribution >= 0.6 is 0 Å². The first-order chi connectivity index (χ1) is 28.7. The lowest BCUT2D eigenvalue weighted by molar-refractivity contribution is 0.669. The van der Waals surface area contributed by atoms with Gasteiger partial charge in [-0.25, -0.2) is 0 Å². The molecule has 0 bridgehead atoms. The van der Waals surface area contributed by atoms with Crippen LogP contribution in [-0.4, -0.2) is 11.3 Å². The van der Waals surface area contributed by atoms with Gasteiger partial charge in [0.05, 0.1) is 5.69 Å². The van der Waals surface area contributed by atoms with Crippen molar-refractivity contribution in [2.45, 2.75) is 33.1 Å². The van der Waals surface area contributed by atoms with Crippen molar-refractivity contribution in [3.8, 4) is 11.1 Å². The van der Waals surface area contributed by atoms with Gasteiger partial charge in [-0.1, -0.05) is 116 Å². The zero-order valence-corrected chi connectivity index (χ0v) is 32.6. The molecular formula is C53H40BN3O. The molecule has 0 saturated heterocycles. The summed E-state index contributed by atoms with van der Waals surface area (Å²) in [6.07, 6.45) is 3.48. The molecule has 0 saturated carbocycles. The quantitative estimate of drug-likeness (QED) is 0.152. The highest BCUT2D eigenvalue weighted by Gasteiger charge is 2.43. The van der Waals surface area contributed by atoms with Gasteiger partial charge < -0.3 is 18.7 Å². The summed E-state index contributed by atoms with van der Waals surface area (Å²) >= 11 is 0. The Hall–Kier alpha value is -6.98. The SMILES string of the molecule is CCCCc1ccc2c(c1)c1cccc3c1n2B1c2ccc(N(c4ccccc4)c4ccccc4)cc2N(c2cccc4c2oc2ccccc24)c2cc(C)cc-3c21. The second-order valence-electron chi connectivity index (χ2n) is 16.0. The van der Waals surface area contributed by atoms with Gasteiger partial charge in [-0.3, -0.25) is 0 Å². The number of aromatic nitrogens is 1. The summed E-state index contributed by atoms with van der Waals surface area (Å²) in [6.45, 7) is 4.48. The number of aryl methyl sites for hydroxylation is 2. The summed E-state index contributed by atoms with van der Waals surface area (Å²) < 4.78 is 9.50. The van der Waals surface area contributed by atoms with Gasteiger partial charge in [-0.05, 0) is 114 Å². The Morgan fingerprint density at radius 3 is 2.12 bits per heavy atom. The first-order valence-corrected chi connectivity index (χ1v) is 20.6. The van der Waals surface area contributed by atoms with Crippen molar-refractivity contribution >= 4 is 95.6 Å². The van der Waals surface area contributed by atoms with Crippen molar-refractivity contribution in [3.63, 3.8) is 0 Å². The lowest BCUT2D eigenvalue weighted by atomic mass is 9.45. The number of unbranched alkanes of at least 4 members (excludes halogenated alkanes) is 1. The molecule has 0 fully saturated rings. The van der Waals surface area contributed by atoms with Crippen LogP contribution in [0.1, 0.15) is 30.9 Å². The van der Waals surface area contributed by atoms with E-state index in [1.54, 1.807) is 0 Å². The first kappa shape index (κ1) is 33.2. The molecule has 8 aromatic carbocycles. The minimum atomic E-state index is -0.0425. The molecule has 0 amide bonds. The molecule has 0 atom stereocenters. The van der Waals surface area contributed by atoms with Crippen molar-refractivity contribution < 1.29 is 4.42 Å². The number of benzene rings is 8. The van der Waals surface area contributed by atoms with Crippen molar-refractivity contribution in [2.24, 2.45) is 0 Å². The average molecular weight is 746 g/mol. The van der Waals surface area contributed by atoms with Gasteiger partial charge in [0, 0.05) is 66.6 Å². The number of hydrogen-bond acceptors (Lipinski definition) is 3. The highest BCUT2D eigenvalue weighted by atomic mass is 16.3. The normalized spacial score (nSPS) is 12.8. The van der Waals surface area contributed by atoms with Crippen LogP contribution in [-0.2, 0) is 6.42 Å². The molecule has 4 heterocycles. The summed E-state index contributed by atoms with van der Waals surface area (Å²) in [4.78, 5) is 4.87. The topological polar surface area (TPSA) is 24.6 Å². The predicted molar refractivity (Wildman–Crippen MR) is 245 cm³/mol. The highest BCUT2D eigenvalue weighted by molar-refractivity contribution is 6.90. The molecule has 0 radical (unpaired) electrons. The molecule has 0 aliphatic carbocycles. The summed E-state index contributed by atoms with van der Waals surface area (Å²) in [6, 6.07) is 62.5. The van der Waals surface area contributed by atoms with Crippen molar-refractivity contribution in [3.05, 3.63) is 181 Å². The molecule has 0 N–H and O–H groups in total. The van der Waals surface area contributed by atoms with E-state index >= 15 is 0 Å². The average Bonchev–Trinajstić information content (AvgIpc) is 3.81. The molecule has 2 aromatic heterocycles. The second kappa shape index (κ2) is 12.8. The third-order valence-corrected chi connectivity index (χ3v) is 12.5. The summed E-state index contributed by atoms with van der Waals surface area (Å²) in [5.74, 6) is 0. The number of para-hydroxylation sites is 5. The second-order valence-corrected chi connectivity index (χ2v) is 16.0. The molecule has 58 heavy (non-hydrogen) atoms. The molecule has 5 heteroatoms. The Morgan fingerprint density at radius 1 is 0.569 bits per heavy atom. The Bertz CT molecular complexity index is 3210. The summed E-state index contributed by atoms with van der Waals surface area (Å²) in [7, 11) is 0. The van der Waals surface area contributed by atoms with Gasteiger partial charge in [-0.15, -0.1) is 0 Å². The molecule has 4 nitrogen and oxygen atoms in total. The van der Waals surface area contributed by atoms with Gasteiger partial charge in [0.2, 0.25) is 0 Å². The van der Waals surface area contributed by atoms with Crippen molar-refractivity contribution in [1.29, 1.82) is 0 Å². The van der Waals surface area contributed by atoms with Crippen LogP contribution in [0.5, 0.6) is 0 Å². The Labute approximate surface area is 338 Å². The Kier molecular flexibility index (Phi) is 7.31. The van der Waals surface area contributed by atoms with E-state index < -0.39 is 0 Å². The predicted octanol–water partition coefficient (Wildman–Crippen LogP) is 13.2. The van der Waals surface area contributed by atoms with Gasteiger partial charge >= 0.3 is 6.85 Å². The largest absolute Gasteiger partial charge is 0.454 e. The van der Waals surface area contributed by atoms with E-state index in [4.69, 9.17) is 4.42 Å². The number of nitrogens with zero attached hydrogens (tertiary/aromatic N) is 3. The van der Waals surface area contributed by atoms with Gasteiger partial charge in [0.1, 0.15) is 5.58 Å². The lowest BCUT2D eigenvalue weighted by Gasteiger charge is -2.41. The summed E-state index contributed by atoms with van der Waals surface area (Å²) in [5.41, 5.74) is 18.9. The number of fused-ring (bicyclic) bond motifs is 10. The Morgan fingerprint density at radius 2 is 1.31 bits per heavy atom. The van der Waals surface area contributed by atoms with Crippen LogP contribution in [0.25, 0.3) is 54.9 Å². The van der Waals surface area contributed by atoms with Crippen molar-refractivity contribution in [1.82, 2.24) is 4.48 Å². The minimum absolute atomic E-state index is 0.0425. The van der Waals surface area contributed by atoms with Gasteiger partial charge in [0.25, 0.3) is 0 Å². The van der Waals surface area contributed by atoms with Crippen LogP contribution in [0.2, 0.25) is 0 Å². The maximum absolute atomic E-state index is 6.84. The van der Waals surface area contributed by atoms with E-state index in [1.807, 2.05) is 0 Å². The fourth-order valence-corrected chi connectivity index (χ4v) is 10.1. The maximum atomic E-state index is 6.84. The van der Waals surface area contributed by atoms with Crippen LogP contribution < -0.4 is 20.7 Å². The molecular weight excluding hydrogens is 705 g/mol. The van der Waals surface area contributed by atoms with E-state index in [2.05, 4.69) is 198 Å². The Balaban J connectivity index is 1.19. The van der Waals surface area contributed by atoms with E-state index in [9.17, 15) is 0 Å². The monoisotopic (exact) mass is 745 g/mol. The van der Waals surface area contributed by atoms with Gasteiger partial charge in [0.15, 0.2) is 5.58 Å². The fraction of sp³-hybridized carbons (Fsp3) is 0.0943. The molecule has 2 aliphatic heterocycles. The molecule has 0 unspecified atom stereocenters. The molecule has 12 rings (SSSR count). The van der Waals surface area contributed by atoms with Crippen LogP contribution in [0.4, 0.5) is 34.1 Å². The standard InChI is InChI=1S/C53H40BN3O/c1-3-4-15-35-26-29-46-43(32-35)40-21-13-22-41-44-30-34(2)31-49-51(44)54(57(46)52(40)41)45-28-27-38(55(36-16-7-5-8-17-36)37-18-9-6-10-19-37)33-48(45)56(49)47-24-14-23-42-39-20-11-12-25-50(39)58-53(42)47/h5-14,16-33H,3-4,15H2,1-2H3. The lowest BCUT2D eigenvalue weighted by Crippen LogP contribution is -2.56. The third kappa shape index (κ3) is 4.77. The number of rotatable bonds is 7. The molecule has 276 valence electrons. The zero-order chi connectivity index (χ0) is 38.5. The minimum Gasteiger partial charge on any atom is -0.454 e. The van der Waals surface area contributed by atoms with E-state index in [0.29, 0.717) is 0 Å². The van der Waals surface area contributed by atoms with E-state index in [-0.39, 0.29) is 6.85 Å². The van der Waals surface area contributed by atoms with E-state index in [0.717, 1.165) is 56.8 Å². The van der Waals surface area contributed by atoms with E-state index in [1.165, 1.54) is 73.5 Å². The third-order valence-electron chi connectivity index (χ3n) is 12.5.